The molecule has 0 amide bonds. The average molecular weight is 288 g/mol. The van der Waals surface area contributed by atoms with E-state index in [0.29, 0.717) is 10.8 Å². The molecule has 1 aliphatic heterocycles. The Balaban J connectivity index is 2.04. The van der Waals surface area contributed by atoms with Crippen LogP contribution in [0.4, 0.5) is 5.95 Å². The molecule has 0 saturated carbocycles. The van der Waals surface area contributed by atoms with Gasteiger partial charge in [-0.05, 0) is 50.0 Å². The number of rotatable bonds is 3. The zero-order valence-corrected chi connectivity index (χ0v) is 12.6. The topological polar surface area (TPSA) is 36.9 Å². The zero-order valence-electron chi connectivity index (χ0n) is 11.7. The van der Waals surface area contributed by atoms with Crippen LogP contribution in [0.1, 0.15) is 32.6 Å². The molecule has 2 aromatic rings. The Labute approximate surface area is 124 Å². The minimum Gasteiger partial charge on any atom is -0.338 e. The number of para-hydroxylation sites is 1. The van der Waals surface area contributed by atoms with Crippen LogP contribution in [-0.4, -0.2) is 27.4 Å². The summed E-state index contributed by atoms with van der Waals surface area (Å²) in [6.45, 7) is 3.31. The molecule has 4 nitrogen and oxygen atoms in total. The second-order valence-electron chi connectivity index (χ2n) is 5.25. The molecule has 1 aromatic carbocycles. The quantitative estimate of drug-likeness (QED) is 0.875. The van der Waals surface area contributed by atoms with Gasteiger partial charge in [0.25, 0.3) is 0 Å². The van der Waals surface area contributed by atoms with E-state index in [1.807, 2.05) is 22.8 Å². The van der Waals surface area contributed by atoms with Gasteiger partial charge in [-0.2, -0.15) is 0 Å². The predicted molar refractivity (Wildman–Crippen MR) is 84.0 cm³/mol. The van der Waals surface area contributed by atoms with Crippen molar-refractivity contribution in [3.8, 4) is 5.69 Å². The van der Waals surface area contributed by atoms with Crippen LogP contribution in [0.3, 0.4) is 0 Å². The average Bonchev–Trinajstić information content (AvgIpc) is 2.89. The van der Waals surface area contributed by atoms with Crippen LogP contribution in [0.15, 0.2) is 30.3 Å². The number of nitrogens with one attached hydrogen (secondary N) is 1. The van der Waals surface area contributed by atoms with Crippen molar-refractivity contribution in [1.82, 2.24) is 14.8 Å². The van der Waals surface area contributed by atoms with E-state index in [4.69, 9.17) is 12.2 Å². The molecule has 1 aliphatic rings. The van der Waals surface area contributed by atoms with Crippen LogP contribution in [0.25, 0.3) is 5.69 Å². The highest BCUT2D eigenvalue weighted by Crippen LogP contribution is 2.27. The Hall–Kier alpha value is -1.62. The van der Waals surface area contributed by atoms with Gasteiger partial charge in [0.15, 0.2) is 0 Å². The first kappa shape index (κ1) is 13.4. The van der Waals surface area contributed by atoms with Gasteiger partial charge in [-0.15, -0.1) is 5.10 Å². The number of hydrogen-bond donors (Lipinski definition) is 1. The summed E-state index contributed by atoms with van der Waals surface area (Å²) < 4.78 is 2.70. The van der Waals surface area contributed by atoms with Crippen molar-refractivity contribution < 1.29 is 0 Å². The van der Waals surface area contributed by atoms with E-state index < -0.39 is 0 Å². The Morgan fingerprint density at radius 3 is 2.85 bits per heavy atom. The lowest BCUT2D eigenvalue weighted by Gasteiger charge is -2.35. The first-order chi connectivity index (χ1) is 9.81. The summed E-state index contributed by atoms with van der Waals surface area (Å²) in [6.07, 6.45) is 4.93. The van der Waals surface area contributed by atoms with Crippen LogP contribution in [0.2, 0.25) is 0 Å². The maximum Gasteiger partial charge on any atom is 0.230 e. The van der Waals surface area contributed by atoms with Gasteiger partial charge in [0.1, 0.15) is 0 Å². The molecular weight excluding hydrogens is 268 g/mol. The highest BCUT2D eigenvalue weighted by molar-refractivity contribution is 7.71. The fraction of sp³-hybridized carbons (Fsp3) is 0.467. The van der Waals surface area contributed by atoms with Gasteiger partial charge >= 0.3 is 0 Å². The van der Waals surface area contributed by atoms with E-state index in [-0.39, 0.29) is 0 Å². The summed E-state index contributed by atoms with van der Waals surface area (Å²) in [6, 6.07) is 10.8. The largest absolute Gasteiger partial charge is 0.338 e. The Bertz CT molecular complexity index is 616. The number of piperidine rings is 1. The van der Waals surface area contributed by atoms with Crippen molar-refractivity contribution in [3.05, 3.63) is 35.1 Å². The molecule has 0 aliphatic carbocycles. The van der Waals surface area contributed by atoms with Gasteiger partial charge in [-0.1, -0.05) is 25.1 Å². The summed E-state index contributed by atoms with van der Waals surface area (Å²) in [5, 5.41) is 7.44. The normalized spacial score (nSPS) is 19.2. The Morgan fingerprint density at radius 1 is 1.30 bits per heavy atom. The molecule has 1 saturated heterocycles. The number of aromatic nitrogens is 3. The molecule has 1 atom stereocenters. The van der Waals surface area contributed by atoms with E-state index in [1.54, 1.807) is 0 Å². The smallest absolute Gasteiger partial charge is 0.230 e. The molecule has 5 heteroatoms. The van der Waals surface area contributed by atoms with E-state index >= 15 is 0 Å². The number of H-pyrrole nitrogens is 1. The Morgan fingerprint density at radius 2 is 2.10 bits per heavy atom. The molecule has 20 heavy (non-hydrogen) atoms. The maximum absolute atomic E-state index is 5.42. The molecule has 1 fully saturated rings. The maximum atomic E-state index is 5.42. The van der Waals surface area contributed by atoms with Gasteiger partial charge in [-0.3, -0.25) is 4.57 Å². The third-order valence-corrected chi connectivity index (χ3v) is 4.30. The highest BCUT2D eigenvalue weighted by atomic mass is 32.1. The van der Waals surface area contributed by atoms with Crippen LogP contribution in [-0.2, 0) is 0 Å². The number of benzene rings is 1. The molecule has 106 valence electrons. The molecule has 0 radical (unpaired) electrons. The van der Waals surface area contributed by atoms with Crippen molar-refractivity contribution in [2.45, 2.75) is 38.6 Å². The molecule has 1 unspecified atom stereocenters. The lowest BCUT2D eigenvalue weighted by molar-refractivity contribution is 0.441. The highest BCUT2D eigenvalue weighted by Gasteiger charge is 2.25. The number of anilines is 1. The van der Waals surface area contributed by atoms with Crippen LogP contribution in [0, 0.1) is 4.77 Å². The molecule has 1 N–H and O–H groups in total. The molecular formula is C15H20N4S. The van der Waals surface area contributed by atoms with Crippen molar-refractivity contribution >= 4 is 18.2 Å². The van der Waals surface area contributed by atoms with Crippen molar-refractivity contribution in [2.75, 3.05) is 11.4 Å². The second kappa shape index (κ2) is 5.79. The fourth-order valence-corrected chi connectivity index (χ4v) is 3.21. The van der Waals surface area contributed by atoms with Crippen LogP contribution >= 0.6 is 12.2 Å². The summed E-state index contributed by atoms with van der Waals surface area (Å²) in [4.78, 5) is 2.41. The van der Waals surface area contributed by atoms with Gasteiger partial charge in [0.05, 0.1) is 5.69 Å². The first-order valence-corrected chi connectivity index (χ1v) is 7.71. The minimum absolute atomic E-state index is 0.566. The molecule has 2 heterocycles. The summed E-state index contributed by atoms with van der Waals surface area (Å²) in [5.74, 6) is 0.952. The van der Waals surface area contributed by atoms with E-state index in [1.165, 1.54) is 19.3 Å². The predicted octanol–water partition coefficient (Wildman–Crippen LogP) is 3.70. The second-order valence-corrected chi connectivity index (χ2v) is 5.64. The van der Waals surface area contributed by atoms with Crippen molar-refractivity contribution in [1.29, 1.82) is 0 Å². The minimum atomic E-state index is 0.566. The first-order valence-electron chi connectivity index (χ1n) is 7.30. The standard InChI is InChI=1S/C15H20N4S/c1-2-12-8-6-7-11-18(12)14-16-17-15(20)19(14)13-9-4-3-5-10-13/h3-5,9-10,12H,2,6-8,11H2,1H3,(H,17,20). The van der Waals surface area contributed by atoms with E-state index in [0.717, 1.165) is 24.6 Å². The summed E-state index contributed by atoms with van der Waals surface area (Å²) in [7, 11) is 0. The summed E-state index contributed by atoms with van der Waals surface area (Å²) >= 11 is 5.42. The van der Waals surface area contributed by atoms with Gasteiger partial charge in [0, 0.05) is 12.6 Å². The molecule has 0 spiro atoms. The van der Waals surface area contributed by atoms with Gasteiger partial charge in [-0.25, -0.2) is 5.10 Å². The molecule has 1 aromatic heterocycles. The fourth-order valence-electron chi connectivity index (χ4n) is 2.98. The number of nitrogens with zero attached hydrogens (tertiary/aromatic N) is 3. The number of hydrogen-bond acceptors (Lipinski definition) is 3. The van der Waals surface area contributed by atoms with E-state index in [2.05, 4.69) is 34.2 Å². The van der Waals surface area contributed by atoms with Crippen molar-refractivity contribution in [2.24, 2.45) is 0 Å². The third-order valence-electron chi connectivity index (χ3n) is 4.02. The lowest BCUT2D eigenvalue weighted by atomic mass is 10.0. The van der Waals surface area contributed by atoms with Crippen molar-refractivity contribution in [3.63, 3.8) is 0 Å². The third kappa shape index (κ3) is 2.38. The summed E-state index contributed by atoms with van der Waals surface area (Å²) in [5.41, 5.74) is 1.07. The van der Waals surface area contributed by atoms with Crippen LogP contribution < -0.4 is 4.90 Å². The number of aromatic amines is 1. The lowest BCUT2D eigenvalue weighted by Crippen LogP contribution is -2.40. The van der Waals surface area contributed by atoms with E-state index in [9.17, 15) is 0 Å². The van der Waals surface area contributed by atoms with Crippen LogP contribution in [0.5, 0.6) is 0 Å². The SMILES string of the molecule is CCC1CCCCN1c1n[nH]c(=S)n1-c1ccccc1. The Kier molecular flexibility index (Phi) is 3.87. The van der Waals surface area contributed by atoms with Gasteiger partial charge < -0.3 is 4.90 Å². The van der Waals surface area contributed by atoms with Gasteiger partial charge in [0.2, 0.25) is 10.7 Å². The molecule has 3 rings (SSSR count). The zero-order chi connectivity index (χ0) is 13.9. The molecule has 0 bridgehead atoms. The monoisotopic (exact) mass is 288 g/mol.